The topological polar surface area (TPSA) is 65.1 Å². The number of ether oxygens (including phenoxy) is 3. The fourth-order valence-corrected chi connectivity index (χ4v) is 4.21. The lowest BCUT2D eigenvalue weighted by Gasteiger charge is -2.34. The monoisotopic (exact) mass is 453 g/mol. The van der Waals surface area contributed by atoms with Crippen LogP contribution in [0, 0.1) is 0 Å². The van der Waals surface area contributed by atoms with Gasteiger partial charge in [0.1, 0.15) is 23.0 Å². The number of carbonyl (C=O) groups excluding carboxylic acids is 2. The second-order valence-electron chi connectivity index (χ2n) is 10.4. The zero-order valence-corrected chi connectivity index (χ0v) is 20.6. The van der Waals surface area contributed by atoms with Gasteiger partial charge in [0.25, 0.3) is 0 Å². The third kappa shape index (κ3) is 6.06. The van der Waals surface area contributed by atoms with Gasteiger partial charge in [0.15, 0.2) is 0 Å². The summed E-state index contributed by atoms with van der Waals surface area (Å²) in [5.74, 6) is 0.0581. The van der Waals surface area contributed by atoms with E-state index in [1.54, 1.807) is 12.0 Å². The minimum atomic E-state index is -0.812. The fourth-order valence-electron chi connectivity index (χ4n) is 4.21. The Morgan fingerprint density at radius 2 is 1.39 bits per heavy atom. The molecule has 0 aliphatic carbocycles. The number of methoxy groups -OCH3 is 1. The first-order valence-corrected chi connectivity index (χ1v) is 11.3. The summed E-state index contributed by atoms with van der Waals surface area (Å²) in [7, 11) is 1.61. The summed E-state index contributed by atoms with van der Waals surface area (Å²) in [4.78, 5) is 28.6. The molecule has 0 spiro atoms. The van der Waals surface area contributed by atoms with Crippen LogP contribution in [-0.4, -0.2) is 41.3 Å². The van der Waals surface area contributed by atoms with Gasteiger partial charge in [-0.2, -0.15) is 0 Å². The number of hydrogen-bond acceptors (Lipinski definition) is 5. The maximum atomic E-state index is 13.5. The Labute approximate surface area is 196 Å². The van der Waals surface area contributed by atoms with E-state index in [0.717, 1.165) is 16.9 Å². The maximum absolute atomic E-state index is 13.5. The van der Waals surface area contributed by atoms with Gasteiger partial charge in [0, 0.05) is 5.92 Å². The summed E-state index contributed by atoms with van der Waals surface area (Å²) >= 11 is 0. The second kappa shape index (κ2) is 9.46. The third-order valence-electron chi connectivity index (χ3n) is 5.47. The molecule has 0 aromatic heterocycles. The van der Waals surface area contributed by atoms with Crippen molar-refractivity contribution < 1.29 is 23.8 Å². The van der Waals surface area contributed by atoms with Gasteiger partial charge in [-0.15, -0.1) is 0 Å². The largest absolute Gasteiger partial charge is 0.497 e. The van der Waals surface area contributed by atoms with Crippen LogP contribution in [0.1, 0.15) is 71.0 Å². The molecule has 3 rings (SSSR count). The van der Waals surface area contributed by atoms with Crippen LogP contribution in [0.25, 0.3) is 0 Å². The van der Waals surface area contributed by atoms with Crippen molar-refractivity contribution in [1.29, 1.82) is 0 Å². The van der Waals surface area contributed by atoms with Gasteiger partial charge in [-0.3, -0.25) is 4.90 Å². The predicted octanol–water partition coefficient (Wildman–Crippen LogP) is 5.87. The van der Waals surface area contributed by atoms with Crippen LogP contribution in [0.5, 0.6) is 5.75 Å². The molecule has 2 aromatic carbocycles. The summed E-state index contributed by atoms with van der Waals surface area (Å²) in [5.41, 5.74) is 0.507. The molecule has 1 aliphatic heterocycles. The zero-order chi connectivity index (χ0) is 24.4. The van der Waals surface area contributed by atoms with E-state index < -0.39 is 29.3 Å². The molecule has 0 bridgehead atoms. The van der Waals surface area contributed by atoms with Crippen molar-refractivity contribution in [2.75, 3.05) is 7.11 Å². The van der Waals surface area contributed by atoms with Crippen molar-refractivity contribution in [3.05, 3.63) is 65.7 Å². The predicted molar refractivity (Wildman–Crippen MR) is 127 cm³/mol. The lowest BCUT2D eigenvalue weighted by atomic mass is 9.89. The van der Waals surface area contributed by atoms with E-state index in [2.05, 4.69) is 0 Å². The van der Waals surface area contributed by atoms with Crippen molar-refractivity contribution >= 4 is 12.1 Å². The van der Waals surface area contributed by atoms with E-state index in [4.69, 9.17) is 14.2 Å². The molecule has 0 saturated carbocycles. The molecule has 33 heavy (non-hydrogen) atoms. The Morgan fingerprint density at radius 3 is 1.91 bits per heavy atom. The normalized spacial score (nSPS) is 20.9. The zero-order valence-electron chi connectivity index (χ0n) is 20.6. The molecular weight excluding hydrogens is 418 g/mol. The number of likely N-dealkylation sites (tertiary alicyclic amines) is 1. The van der Waals surface area contributed by atoms with Gasteiger partial charge >= 0.3 is 12.1 Å². The van der Waals surface area contributed by atoms with Crippen molar-refractivity contribution in [3.63, 3.8) is 0 Å². The molecule has 1 unspecified atom stereocenters. The van der Waals surface area contributed by atoms with Crippen LogP contribution in [0.2, 0.25) is 0 Å². The van der Waals surface area contributed by atoms with Crippen LogP contribution in [0.4, 0.5) is 4.79 Å². The molecule has 1 heterocycles. The molecule has 1 saturated heterocycles. The highest BCUT2D eigenvalue weighted by Crippen LogP contribution is 2.46. The van der Waals surface area contributed by atoms with Gasteiger partial charge in [0.2, 0.25) is 0 Å². The maximum Gasteiger partial charge on any atom is 0.411 e. The molecule has 178 valence electrons. The van der Waals surface area contributed by atoms with Crippen LogP contribution >= 0.6 is 0 Å². The first-order chi connectivity index (χ1) is 15.4. The quantitative estimate of drug-likeness (QED) is 0.542. The van der Waals surface area contributed by atoms with Gasteiger partial charge < -0.3 is 14.2 Å². The minimum absolute atomic E-state index is 0.235. The number of carbonyl (C=O) groups is 2. The number of hydrogen-bond donors (Lipinski definition) is 0. The van der Waals surface area contributed by atoms with Gasteiger partial charge in [-0.05, 0) is 71.2 Å². The second-order valence-corrected chi connectivity index (χ2v) is 10.4. The van der Waals surface area contributed by atoms with E-state index in [0.29, 0.717) is 6.42 Å². The molecule has 0 radical (unpaired) electrons. The first kappa shape index (κ1) is 24.6. The number of benzene rings is 2. The van der Waals surface area contributed by atoms with Crippen LogP contribution in [-0.2, 0) is 14.3 Å². The van der Waals surface area contributed by atoms with Gasteiger partial charge in [0.05, 0.1) is 13.2 Å². The van der Waals surface area contributed by atoms with Crippen molar-refractivity contribution in [3.8, 4) is 5.75 Å². The average Bonchev–Trinajstić information content (AvgIpc) is 3.13. The highest BCUT2D eigenvalue weighted by atomic mass is 16.6. The average molecular weight is 454 g/mol. The Kier molecular flexibility index (Phi) is 7.06. The molecule has 1 aliphatic rings. The van der Waals surface area contributed by atoms with Crippen molar-refractivity contribution in [2.24, 2.45) is 0 Å². The van der Waals surface area contributed by atoms with E-state index in [1.807, 2.05) is 96.1 Å². The van der Waals surface area contributed by atoms with E-state index >= 15 is 0 Å². The van der Waals surface area contributed by atoms with Crippen LogP contribution in [0.15, 0.2) is 54.6 Å². The highest BCUT2D eigenvalue weighted by molar-refractivity contribution is 5.84. The Balaban J connectivity index is 2.10. The summed E-state index contributed by atoms with van der Waals surface area (Å²) in [6.45, 7) is 10.9. The fraction of sp³-hybridized carbons (Fsp3) is 0.481. The molecular formula is C27H35NO5. The summed E-state index contributed by atoms with van der Waals surface area (Å²) in [5, 5.41) is 0. The lowest BCUT2D eigenvalue weighted by Crippen LogP contribution is -2.48. The van der Waals surface area contributed by atoms with Crippen molar-refractivity contribution in [2.45, 2.75) is 77.2 Å². The summed E-state index contributed by atoms with van der Waals surface area (Å²) < 4.78 is 16.9. The molecule has 3 atom stereocenters. The highest BCUT2D eigenvalue weighted by Gasteiger charge is 2.51. The van der Waals surface area contributed by atoms with E-state index in [9.17, 15) is 9.59 Å². The third-order valence-corrected chi connectivity index (χ3v) is 5.47. The molecule has 1 fully saturated rings. The Bertz CT molecular complexity index is 957. The smallest absolute Gasteiger partial charge is 0.411 e. The van der Waals surface area contributed by atoms with E-state index in [-0.39, 0.29) is 12.0 Å². The van der Waals surface area contributed by atoms with Gasteiger partial charge in [-0.25, -0.2) is 9.59 Å². The Morgan fingerprint density at radius 1 is 0.818 bits per heavy atom. The number of amides is 1. The van der Waals surface area contributed by atoms with Crippen LogP contribution < -0.4 is 4.74 Å². The summed E-state index contributed by atoms with van der Waals surface area (Å²) in [6.07, 6.45) is 0.0390. The number of esters is 1. The lowest BCUT2D eigenvalue weighted by molar-refractivity contribution is -0.161. The van der Waals surface area contributed by atoms with E-state index in [1.165, 1.54) is 0 Å². The SMILES string of the molecule is COc1ccc(C2C[C@@H](c3ccccc3)[C@@H](C(=O)OC(C)(C)C)N2C(=O)OC(C)(C)C)cc1. The molecule has 1 amide bonds. The van der Waals surface area contributed by atoms with Crippen molar-refractivity contribution in [1.82, 2.24) is 4.90 Å². The van der Waals surface area contributed by atoms with Gasteiger partial charge in [-0.1, -0.05) is 42.5 Å². The summed E-state index contributed by atoms with van der Waals surface area (Å²) in [6, 6.07) is 16.2. The van der Waals surface area contributed by atoms with Crippen LogP contribution in [0.3, 0.4) is 0 Å². The standard InChI is InChI=1S/C27H35NO5/c1-26(2,3)32-24(29)23-21(18-11-9-8-10-12-18)17-22(19-13-15-20(31-7)16-14-19)28(23)25(30)33-27(4,5)6/h8-16,21-23H,17H2,1-7H3/t21-,22?,23-/m0/s1. The molecule has 0 N–H and O–H groups in total. The molecule has 6 heteroatoms. The minimum Gasteiger partial charge on any atom is -0.497 e. The molecule has 2 aromatic rings. The first-order valence-electron chi connectivity index (χ1n) is 11.3. The number of nitrogens with zero attached hydrogens (tertiary/aromatic N) is 1. The Hall–Kier alpha value is -3.02. The molecule has 6 nitrogen and oxygen atoms in total. The number of rotatable bonds is 4.